The van der Waals surface area contributed by atoms with E-state index < -0.39 is 10.8 Å². The molecule has 0 rings (SSSR count). The summed E-state index contributed by atoms with van der Waals surface area (Å²) >= 11 is 0. The Morgan fingerprint density at radius 2 is 1.79 bits per heavy atom. The molecule has 0 aliphatic heterocycles. The number of hydrogen-bond donors (Lipinski definition) is 1. The van der Waals surface area contributed by atoms with Crippen LogP contribution in [0.15, 0.2) is 0 Å². The lowest BCUT2D eigenvalue weighted by molar-refractivity contribution is 0.286. The second kappa shape index (κ2) is 5.86. The minimum absolute atomic E-state index is 0.300. The average Bonchev–Trinajstić information content (AvgIpc) is 2.01. The summed E-state index contributed by atoms with van der Waals surface area (Å²) in [6, 6.07) is 0.500. The van der Waals surface area contributed by atoms with Crippen molar-refractivity contribution in [1.82, 2.24) is 5.32 Å². The highest BCUT2D eigenvalue weighted by Gasteiger charge is 2.19. The van der Waals surface area contributed by atoms with Crippen molar-refractivity contribution in [3.05, 3.63) is 0 Å². The molecule has 0 amide bonds. The first kappa shape index (κ1) is 14.1. The van der Waals surface area contributed by atoms with Crippen LogP contribution in [0.4, 0.5) is 0 Å². The Morgan fingerprint density at radius 3 is 2.14 bits per heavy atom. The molecule has 86 valence electrons. The molecule has 0 saturated heterocycles. The Hall–Kier alpha value is 0.110. The molecule has 2 nitrogen and oxygen atoms in total. The SMILES string of the molecule is CC(CCNC(C)C(C)(C)C)S(C)=O. The molecule has 0 aliphatic carbocycles. The molecule has 0 heterocycles. The highest BCUT2D eigenvalue weighted by Crippen LogP contribution is 2.18. The molecule has 0 saturated carbocycles. The Labute approximate surface area is 91.3 Å². The smallest absolute Gasteiger partial charge is 0.0329 e. The van der Waals surface area contributed by atoms with E-state index in [-0.39, 0.29) is 0 Å². The maximum atomic E-state index is 11.1. The van der Waals surface area contributed by atoms with Gasteiger partial charge in [0.1, 0.15) is 0 Å². The monoisotopic (exact) mass is 219 g/mol. The molecule has 0 spiro atoms. The van der Waals surface area contributed by atoms with Crippen LogP contribution in [-0.2, 0) is 10.8 Å². The van der Waals surface area contributed by atoms with E-state index >= 15 is 0 Å². The largest absolute Gasteiger partial charge is 0.314 e. The van der Waals surface area contributed by atoms with E-state index in [9.17, 15) is 4.21 Å². The Balaban J connectivity index is 3.70. The van der Waals surface area contributed by atoms with Crippen LogP contribution in [-0.4, -0.2) is 28.3 Å². The molecule has 0 aromatic carbocycles. The van der Waals surface area contributed by atoms with Gasteiger partial charge in [-0.3, -0.25) is 4.21 Å². The number of nitrogens with one attached hydrogen (secondary N) is 1. The van der Waals surface area contributed by atoms with Crippen LogP contribution in [0.3, 0.4) is 0 Å². The van der Waals surface area contributed by atoms with Gasteiger partial charge in [-0.25, -0.2) is 0 Å². The number of rotatable bonds is 5. The molecule has 14 heavy (non-hydrogen) atoms. The van der Waals surface area contributed by atoms with Crippen molar-refractivity contribution in [3.63, 3.8) is 0 Å². The second-order valence-corrected chi connectivity index (χ2v) is 6.94. The minimum Gasteiger partial charge on any atom is -0.314 e. The van der Waals surface area contributed by atoms with Crippen LogP contribution in [0.25, 0.3) is 0 Å². The maximum absolute atomic E-state index is 11.1. The summed E-state index contributed by atoms with van der Waals surface area (Å²) in [5.74, 6) is 0. The van der Waals surface area contributed by atoms with Crippen molar-refractivity contribution in [2.45, 2.75) is 52.3 Å². The summed E-state index contributed by atoms with van der Waals surface area (Å²) in [4.78, 5) is 0. The maximum Gasteiger partial charge on any atom is 0.0329 e. The van der Waals surface area contributed by atoms with Crippen LogP contribution < -0.4 is 5.32 Å². The van der Waals surface area contributed by atoms with E-state index in [4.69, 9.17) is 0 Å². The molecular formula is C11H25NOS. The minimum atomic E-state index is -0.686. The molecule has 0 bridgehead atoms. The predicted molar refractivity (Wildman–Crippen MR) is 65.1 cm³/mol. The number of hydrogen-bond acceptors (Lipinski definition) is 2. The third kappa shape index (κ3) is 5.76. The molecule has 3 unspecified atom stereocenters. The Bertz CT molecular complexity index is 186. The highest BCUT2D eigenvalue weighted by atomic mass is 32.2. The standard InChI is InChI=1S/C11H25NOS/c1-9(14(6)13)7-8-12-10(2)11(3,4)5/h9-10,12H,7-8H2,1-6H3. The molecule has 0 aliphatic rings. The zero-order valence-corrected chi connectivity index (χ0v) is 11.2. The van der Waals surface area contributed by atoms with Gasteiger partial charge in [-0.1, -0.05) is 27.7 Å². The summed E-state index contributed by atoms with van der Waals surface area (Å²) in [5, 5.41) is 3.77. The van der Waals surface area contributed by atoms with Crippen molar-refractivity contribution < 1.29 is 4.21 Å². The van der Waals surface area contributed by atoms with Gasteiger partial charge in [-0.05, 0) is 25.3 Å². The van der Waals surface area contributed by atoms with Crippen LogP contribution >= 0.6 is 0 Å². The van der Waals surface area contributed by atoms with Gasteiger partial charge in [0.2, 0.25) is 0 Å². The lowest BCUT2D eigenvalue weighted by Crippen LogP contribution is -2.39. The van der Waals surface area contributed by atoms with Gasteiger partial charge in [0.15, 0.2) is 0 Å². The molecule has 3 heteroatoms. The van der Waals surface area contributed by atoms with Crippen molar-refractivity contribution in [1.29, 1.82) is 0 Å². The van der Waals surface area contributed by atoms with E-state index in [0.29, 0.717) is 16.7 Å². The second-order valence-electron chi connectivity index (χ2n) is 5.14. The lowest BCUT2D eigenvalue weighted by Gasteiger charge is -2.28. The molecular weight excluding hydrogens is 194 g/mol. The lowest BCUT2D eigenvalue weighted by atomic mass is 9.88. The van der Waals surface area contributed by atoms with Gasteiger partial charge in [0.05, 0.1) is 0 Å². The first-order valence-electron chi connectivity index (χ1n) is 5.30. The quantitative estimate of drug-likeness (QED) is 0.768. The van der Waals surface area contributed by atoms with E-state index in [1.54, 1.807) is 6.26 Å². The van der Waals surface area contributed by atoms with Crippen molar-refractivity contribution in [2.24, 2.45) is 5.41 Å². The summed E-state index contributed by atoms with van der Waals surface area (Å²) in [5.41, 5.74) is 0.300. The molecule has 0 aromatic heterocycles. The summed E-state index contributed by atoms with van der Waals surface area (Å²) in [7, 11) is -0.686. The van der Waals surface area contributed by atoms with Gasteiger partial charge < -0.3 is 5.32 Å². The zero-order valence-electron chi connectivity index (χ0n) is 10.4. The van der Waals surface area contributed by atoms with Crippen LogP contribution in [0, 0.1) is 5.41 Å². The van der Waals surface area contributed by atoms with Crippen molar-refractivity contribution in [3.8, 4) is 0 Å². The highest BCUT2D eigenvalue weighted by molar-refractivity contribution is 7.84. The summed E-state index contributed by atoms with van der Waals surface area (Å²) in [6.45, 7) is 11.9. The van der Waals surface area contributed by atoms with E-state index in [2.05, 4.69) is 33.0 Å². The topological polar surface area (TPSA) is 29.1 Å². The fourth-order valence-corrected chi connectivity index (χ4v) is 1.43. The summed E-state index contributed by atoms with van der Waals surface area (Å²) < 4.78 is 11.1. The van der Waals surface area contributed by atoms with E-state index in [1.165, 1.54) is 0 Å². The van der Waals surface area contributed by atoms with Gasteiger partial charge >= 0.3 is 0 Å². The van der Waals surface area contributed by atoms with Crippen molar-refractivity contribution >= 4 is 10.8 Å². The van der Waals surface area contributed by atoms with Crippen LogP contribution in [0.5, 0.6) is 0 Å². The Kier molecular flexibility index (Phi) is 5.91. The van der Waals surface area contributed by atoms with E-state index in [1.807, 2.05) is 6.92 Å². The fraction of sp³-hybridized carbons (Fsp3) is 1.00. The predicted octanol–water partition coefficient (Wildman–Crippen LogP) is 2.17. The molecule has 0 aromatic rings. The first-order chi connectivity index (χ1) is 6.25. The molecule has 1 N–H and O–H groups in total. The van der Waals surface area contributed by atoms with Gasteiger partial charge in [-0.2, -0.15) is 0 Å². The fourth-order valence-electron chi connectivity index (χ4n) is 0.975. The van der Waals surface area contributed by atoms with E-state index in [0.717, 1.165) is 13.0 Å². The van der Waals surface area contributed by atoms with Gasteiger partial charge in [-0.15, -0.1) is 0 Å². The zero-order chi connectivity index (χ0) is 11.4. The molecule has 0 fully saturated rings. The molecule has 0 radical (unpaired) electrons. The third-order valence-corrected chi connectivity index (χ3v) is 4.24. The third-order valence-electron chi connectivity index (χ3n) is 2.87. The van der Waals surface area contributed by atoms with Crippen LogP contribution in [0.1, 0.15) is 41.0 Å². The average molecular weight is 219 g/mol. The first-order valence-corrected chi connectivity index (χ1v) is 6.93. The summed E-state index contributed by atoms with van der Waals surface area (Å²) in [6.07, 6.45) is 2.77. The van der Waals surface area contributed by atoms with Gasteiger partial charge in [0, 0.05) is 28.3 Å². The van der Waals surface area contributed by atoms with Crippen LogP contribution in [0.2, 0.25) is 0 Å². The van der Waals surface area contributed by atoms with Gasteiger partial charge in [0.25, 0.3) is 0 Å². The normalized spacial score (nSPS) is 19.0. The molecule has 3 atom stereocenters. The Morgan fingerprint density at radius 1 is 1.29 bits per heavy atom. The van der Waals surface area contributed by atoms with Crippen molar-refractivity contribution in [2.75, 3.05) is 12.8 Å².